The molecule has 0 saturated carbocycles. The Hall–Kier alpha value is -2.89. The van der Waals surface area contributed by atoms with Crippen molar-refractivity contribution < 1.29 is 5.11 Å². The molecule has 0 bridgehead atoms. The zero-order chi connectivity index (χ0) is 15.8. The Kier molecular flexibility index (Phi) is 5.88. The summed E-state index contributed by atoms with van der Waals surface area (Å²) >= 11 is 0. The predicted octanol–water partition coefficient (Wildman–Crippen LogP) is 0.754. The third-order valence-corrected chi connectivity index (χ3v) is 2.73. The smallest absolute Gasteiger partial charge is 0.124 e. The highest BCUT2D eigenvalue weighted by atomic mass is 16.3. The standard InChI is InChI=1S/C15H21N5O/c1-2-20-9-10(8-16)12(15(18)19)7-13(17)11-5-3-4-6-14(11)21/h3-9,21H,2,16-19H2,1H3/b10-8+,13-7-,20-9?. The molecular weight excluding hydrogens is 266 g/mol. The molecule has 0 unspecified atom stereocenters. The summed E-state index contributed by atoms with van der Waals surface area (Å²) in [7, 11) is 0. The molecule has 9 N–H and O–H groups in total. The van der Waals surface area contributed by atoms with E-state index in [9.17, 15) is 5.11 Å². The molecule has 0 aliphatic carbocycles. The van der Waals surface area contributed by atoms with Gasteiger partial charge < -0.3 is 28.0 Å². The number of nitrogens with zero attached hydrogens (tertiary/aromatic N) is 1. The Labute approximate surface area is 124 Å². The van der Waals surface area contributed by atoms with Crippen molar-refractivity contribution in [2.75, 3.05) is 6.54 Å². The molecule has 0 aliphatic heterocycles. The van der Waals surface area contributed by atoms with Crippen molar-refractivity contribution in [3.8, 4) is 5.75 Å². The van der Waals surface area contributed by atoms with E-state index in [1.54, 1.807) is 36.6 Å². The van der Waals surface area contributed by atoms with Gasteiger partial charge >= 0.3 is 0 Å². The first kappa shape index (κ1) is 16.2. The van der Waals surface area contributed by atoms with E-state index in [0.717, 1.165) is 0 Å². The first-order chi connectivity index (χ1) is 10.0. The summed E-state index contributed by atoms with van der Waals surface area (Å²) in [4.78, 5) is 4.11. The molecule has 0 aromatic heterocycles. The van der Waals surface area contributed by atoms with Gasteiger partial charge in [0, 0.05) is 41.4 Å². The van der Waals surface area contributed by atoms with Crippen LogP contribution >= 0.6 is 0 Å². The lowest BCUT2D eigenvalue weighted by Gasteiger charge is -2.09. The number of nitrogens with two attached hydrogens (primary N) is 4. The van der Waals surface area contributed by atoms with Crippen LogP contribution in [0.25, 0.3) is 5.70 Å². The van der Waals surface area contributed by atoms with Crippen LogP contribution in [0.3, 0.4) is 0 Å². The van der Waals surface area contributed by atoms with Crippen LogP contribution in [0.1, 0.15) is 12.5 Å². The van der Waals surface area contributed by atoms with Gasteiger partial charge in [-0.25, -0.2) is 0 Å². The fourth-order valence-electron chi connectivity index (χ4n) is 1.68. The van der Waals surface area contributed by atoms with Gasteiger partial charge in [-0.3, -0.25) is 4.99 Å². The molecule has 21 heavy (non-hydrogen) atoms. The highest BCUT2D eigenvalue weighted by molar-refractivity contribution is 5.88. The van der Waals surface area contributed by atoms with Gasteiger partial charge in [0.05, 0.1) is 0 Å². The molecule has 0 radical (unpaired) electrons. The van der Waals surface area contributed by atoms with Crippen LogP contribution in [0, 0.1) is 0 Å². The fourth-order valence-corrected chi connectivity index (χ4v) is 1.68. The first-order valence-electron chi connectivity index (χ1n) is 6.44. The van der Waals surface area contributed by atoms with E-state index in [0.29, 0.717) is 29.0 Å². The van der Waals surface area contributed by atoms with Crippen LogP contribution < -0.4 is 22.9 Å². The van der Waals surface area contributed by atoms with Gasteiger partial charge in [-0.05, 0) is 25.1 Å². The summed E-state index contributed by atoms with van der Waals surface area (Å²) in [5.74, 6) is 0.134. The SMILES string of the molecule is CCN=C/C(=C\N)C(/C=C(\N)c1ccccc1O)=C(N)N. The number of aliphatic imine (C=N–C) groups is 1. The van der Waals surface area contributed by atoms with Gasteiger partial charge in [0.15, 0.2) is 0 Å². The second-order valence-electron chi connectivity index (χ2n) is 4.24. The minimum atomic E-state index is 0.0626. The van der Waals surface area contributed by atoms with Crippen molar-refractivity contribution in [2.45, 2.75) is 6.92 Å². The number of allylic oxidation sites excluding steroid dienone is 3. The molecule has 0 amide bonds. The molecule has 6 nitrogen and oxygen atoms in total. The quantitative estimate of drug-likeness (QED) is 0.402. The van der Waals surface area contributed by atoms with Crippen molar-refractivity contribution in [1.82, 2.24) is 0 Å². The summed E-state index contributed by atoms with van der Waals surface area (Å²) in [6.07, 6.45) is 4.48. The van der Waals surface area contributed by atoms with E-state index in [4.69, 9.17) is 22.9 Å². The minimum Gasteiger partial charge on any atom is -0.507 e. The third-order valence-electron chi connectivity index (χ3n) is 2.73. The van der Waals surface area contributed by atoms with Crippen LogP contribution in [0.5, 0.6) is 5.75 Å². The number of hydrogen-bond acceptors (Lipinski definition) is 6. The van der Waals surface area contributed by atoms with Crippen molar-refractivity contribution in [2.24, 2.45) is 27.9 Å². The summed E-state index contributed by atoms with van der Waals surface area (Å²) in [5.41, 5.74) is 24.8. The lowest BCUT2D eigenvalue weighted by atomic mass is 10.0. The molecule has 0 atom stereocenters. The lowest BCUT2D eigenvalue weighted by Crippen LogP contribution is -2.14. The topological polar surface area (TPSA) is 137 Å². The third kappa shape index (κ3) is 4.31. The van der Waals surface area contributed by atoms with Crippen LogP contribution in [0.15, 0.2) is 58.5 Å². The molecule has 0 spiro atoms. The number of phenolic OH excluding ortho intramolecular Hbond substituents is 1. The van der Waals surface area contributed by atoms with Crippen molar-refractivity contribution in [3.05, 3.63) is 59.1 Å². The van der Waals surface area contributed by atoms with E-state index < -0.39 is 0 Å². The number of hydrogen-bond donors (Lipinski definition) is 5. The second kappa shape index (κ2) is 7.64. The minimum absolute atomic E-state index is 0.0626. The van der Waals surface area contributed by atoms with Crippen LogP contribution in [0.2, 0.25) is 0 Å². The Bertz CT molecular complexity index is 610. The van der Waals surface area contributed by atoms with Crippen LogP contribution in [-0.2, 0) is 0 Å². The highest BCUT2D eigenvalue weighted by Gasteiger charge is 2.08. The Morgan fingerprint density at radius 2 is 1.90 bits per heavy atom. The first-order valence-corrected chi connectivity index (χ1v) is 6.44. The van der Waals surface area contributed by atoms with Gasteiger partial charge in [0.1, 0.15) is 11.6 Å². The average Bonchev–Trinajstić information content (AvgIpc) is 2.46. The number of benzene rings is 1. The predicted molar refractivity (Wildman–Crippen MR) is 87.0 cm³/mol. The van der Waals surface area contributed by atoms with Crippen molar-refractivity contribution >= 4 is 11.9 Å². The van der Waals surface area contributed by atoms with Crippen molar-refractivity contribution in [1.29, 1.82) is 0 Å². The summed E-state index contributed by atoms with van der Waals surface area (Å²) < 4.78 is 0. The number of phenols is 1. The molecule has 0 fully saturated rings. The Morgan fingerprint density at radius 3 is 2.43 bits per heavy atom. The van der Waals surface area contributed by atoms with E-state index in [2.05, 4.69) is 4.99 Å². The van der Waals surface area contributed by atoms with Crippen LogP contribution in [0.4, 0.5) is 0 Å². The molecule has 1 aromatic carbocycles. The normalized spacial score (nSPS) is 12.6. The zero-order valence-electron chi connectivity index (χ0n) is 12.0. The molecule has 0 aliphatic rings. The molecule has 6 heteroatoms. The van der Waals surface area contributed by atoms with Gasteiger partial charge in [0.25, 0.3) is 0 Å². The lowest BCUT2D eigenvalue weighted by molar-refractivity contribution is 0.473. The van der Waals surface area contributed by atoms with Gasteiger partial charge in [-0.1, -0.05) is 12.1 Å². The molecular formula is C15H21N5O. The van der Waals surface area contributed by atoms with E-state index >= 15 is 0 Å². The van der Waals surface area contributed by atoms with Gasteiger partial charge in [0.2, 0.25) is 0 Å². The maximum absolute atomic E-state index is 9.80. The second-order valence-corrected chi connectivity index (χ2v) is 4.24. The van der Waals surface area contributed by atoms with E-state index in [-0.39, 0.29) is 11.6 Å². The Morgan fingerprint density at radius 1 is 1.24 bits per heavy atom. The summed E-state index contributed by atoms with van der Waals surface area (Å²) in [6.45, 7) is 2.50. The van der Waals surface area contributed by atoms with E-state index in [1.807, 2.05) is 6.92 Å². The zero-order valence-corrected chi connectivity index (χ0v) is 12.0. The van der Waals surface area contributed by atoms with E-state index in [1.165, 1.54) is 6.20 Å². The number of rotatable bonds is 5. The summed E-state index contributed by atoms with van der Waals surface area (Å²) in [6, 6.07) is 6.71. The molecule has 0 heterocycles. The van der Waals surface area contributed by atoms with Crippen molar-refractivity contribution in [3.63, 3.8) is 0 Å². The Balaban J connectivity index is 3.27. The maximum atomic E-state index is 9.80. The largest absolute Gasteiger partial charge is 0.507 e. The summed E-state index contributed by atoms with van der Waals surface area (Å²) in [5, 5.41) is 9.80. The van der Waals surface area contributed by atoms with Crippen LogP contribution in [-0.4, -0.2) is 17.9 Å². The van der Waals surface area contributed by atoms with Gasteiger partial charge in [-0.2, -0.15) is 0 Å². The average molecular weight is 287 g/mol. The fraction of sp³-hybridized carbons (Fsp3) is 0.133. The number of aromatic hydroxyl groups is 1. The van der Waals surface area contributed by atoms with Gasteiger partial charge in [-0.15, -0.1) is 0 Å². The molecule has 1 aromatic rings. The monoisotopic (exact) mass is 287 g/mol. The molecule has 112 valence electrons. The molecule has 1 rings (SSSR count). The highest BCUT2D eigenvalue weighted by Crippen LogP contribution is 2.23. The maximum Gasteiger partial charge on any atom is 0.124 e. The molecule has 0 saturated heterocycles. The number of para-hydroxylation sites is 1.